The smallest absolute Gasteiger partial charge is 0.248 e. The van der Waals surface area contributed by atoms with Gasteiger partial charge in [-0.25, -0.2) is 9.13 Å². The molecule has 114 valence electrons. The molecule has 0 fully saturated rings. The van der Waals surface area contributed by atoms with Crippen molar-refractivity contribution in [2.75, 3.05) is 0 Å². The highest BCUT2D eigenvalue weighted by Crippen LogP contribution is 2.20. The Balaban J connectivity index is 0.00000220. The van der Waals surface area contributed by atoms with Crippen LogP contribution in [0, 0.1) is 20.8 Å². The number of hydrogen-bond donors (Lipinski definition) is 0. The van der Waals surface area contributed by atoms with Gasteiger partial charge in [0.25, 0.3) is 0 Å². The summed E-state index contributed by atoms with van der Waals surface area (Å²) in [6.07, 6.45) is 12.0. The zero-order valence-electron chi connectivity index (χ0n) is 13.3. The molecule has 0 bridgehead atoms. The predicted octanol–water partition coefficient (Wildman–Crippen LogP) is 1.05. The third-order valence-corrected chi connectivity index (χ3v) is 3.66. The number of nitrogens with zero attached hydrogens (tertiary/aromatic N) is 2. The number of allylic oxidation sites excluding steroid dienone is 1. The van der Waals surface area contributed by atoms with Gasteiger partial charge in [-0.3, -0.25) is 0 Å². The second kappa shape index (κ2) is 8.18. The zero-order chi connectivity index (χ0) is 14.5. The molecule has 21 heavy (non-hydrogen) atoms. The first kappa shape index (κ1) is 17.7. The molecule has 2 aromatic rings. The fourth-order valence-corrected chi connectivity index (χ4v) is 2.82. The molecule has 1 heterocycles. The van der Waals surface area contributed by atoms with Crippen LogP contribution in [0.3, 0.4) is 0 Å². The van der Waals surface area contributed by atoms with Crippen LogP contribution in [0.15, 0.2) is 43.5 Å². The molecular weight excluding hydrogens is 324 g/mol. The number of aromatic nitrogens is 2. The molecule has 0 saturated carbocycles. The second-order valence-corrected chi connectivity index (χ2v) is 5.59. The average molecular weight is 349 g/mol. The monoisotopic (exact) mass is 348 g/mol. The Morgan fingerprint density at radius 1 is 1.14 bits per heavy atom. The SMILES string of the molecule is C=CCCCC[n+]1ccn(-c2c(C)cc(C)cc2C)c1.[Br-]. The zero-order valence-corrected chi connectivity index (χ0v) is 14.9. The van der Waals surface area contributed by atoms with Gasteiger partial charge in [0.15, 0.2) is 0 Å². The van der Waals surface area contributed by atoms with Gasteiger partial charge in [-0.15, -0.1) is 6.58 Å². The minimum absolute atomic E-state index is 0. The number of rotatable bonds is 6. The van der Waals surface area contributed by atoms with Crippen molar-refractivity contribution in [2.24, 2.45) is 0 Å². The van der Waals surface area contributed by atoms with E-state index < -0.39 is 0 Å². The van der Waals surface area contributed by atoms with Crippen LogP contribution in [0.5, 0.6) is 0 Å². The van der Waals surface area contributed by atoms with Gasteiger partial charge in [0.2, 0.25) is 6.33 Å². The Bertz CT molecular complexity index is 576. The van der Waals surface area contributed by atoms with Crippen molar-refractivity contribution in [1.82, 2.24) is 4.57 Å². The Morgan fingerprint density at radius 3 is 2.43 bits per heavy atom. The summed E-state index contributed by atoms with van der Waals surface area (Å²) in [6, 6.07) is 4.49. The van der Waals surface area contributed by atoms with E-state index in [2.05, 4.69) is 67.3 Å². The van der Waals surface area contributed by atoms with Crippen molar-refractivity contribution in [1.29, 1.82) is 0 Å². The van der Waals surface area contributed by atoms with Crippen LogP contribution in [0.2, 0.25) is 0 Å². The van der Waals surface area contributed by atoms with Crippen LogP contribution in [-0.4, -0.2) is 4.57 Å². The molecule has 3 heteroatoms. The lowest BCUT2D eigenvalue weighted by Crippen LogP contribution is -3.00. The van der Waals surface area contributed by atoms with Gasteiger partial charge in [0, 0.05) is 0 Å². The summed E-state index contributed by atoms with van der Waals surface area (Å²) in [4.78, 5) is 0. The fraction of sp³-hybridized carbons (Fsp3) is 0.389. The van der Waals surface area contributed by atoms with Crippen molar-refractivity contribution >= 4 is 0 Å². The van der Waals surface area contributed by atoms with Gasteiger partial charge in [-0.1, -0.05) is 23.8 Å². The van der Waals surface area contributed by atoms with Crippen LogP contribution in [0.1, 0.15) is 36.0 Å². The molecule has 1 aromatic heterocycles. The number of hydrogen-bond acceptors (Lipinski definition) is 0. The molecule has 0 spiro atoms. The predicted molar refractivity (Wildman–Crippen MR) is 84.2 cm³/mol. The highest BCUT2D eigenvalue weighted by atomic mass is 79.9. The van der Waals surface area contributed by atoms with E-state index in [0.29, 0.717) is 0 Å². The van der Waals surface area contributed by atoms with E-state index in [1.54, 1.807) is 0 Å². The van der Waals surface area contributed by atoms with Gasteiger partial charge < -0.3 is 17.0 Å². The standard InChI is InChI=1S/C18H25N2.BrH/c1-5-6-7-8-9-19-10-11-20(14-19)18-16(3)12-15(2)13-17(18)4;/h5,10-14H,1,6-9H2,2-4H3;1H/q+1;/p-1. The summed E-state index contributed by atoms with van der Waals surface area (Å²) in [5.74, 6) is 0. The van der Waals surface area contributed by atoms with Crippen molar-refractivity contribution in [3.8, 4) is 5.69 Å². The first-order chi connectivity index (χ1) is 9.61. The second-order valence-electron chi connectivity index (χ2n) is 5.59. The van der Waals surface area contributed by atoms with Gasteiger partial charge in [-0.05, 0) is 51.2 Å². The fourth-order valence-electron chi connectivity index (χ4n) is 2.82. The van der Waals surface area contributed by atoms with Gasteiger partial charge >= 0.3 is 0 Å². The van der Waals surface area contributed by atoms with E-state index in [-0.39, 0.29) is 17.0 Å². The number of benzene rings is 1. The maximum absolute atomic E-state index is 3.76. The molecule has 0 amide bonds. The Hall–Kier alpha value is -1.35. The summed E-state index contributed by atoms with van der Waals surface area (Å²) in [5.41, 5.74) is 5.29. The lowest BCUT2D eigenvalue weighted by molar-refractivity contribution is -0.696. The average Bonchev–Trinajstić information content (AvgIpc) is 2.82. The summed E-state index contributed by atoms with van der Waals surface area (Å²) in [5, 5.41) is 0. The molecule has 0 aliphatic heterocycles. The van der Waals surface area contributed by atoms with Crippen LogP contribution in [0.25, 0.3) is 5.69 Å². The highest BCUT2D eigenvalue weighted by molar-refractivity contribution is 5.48. The lowest BCUT2D eigenvalue weighted by atomic mass is 10.1. The van der Waals surface area contributed by atoms with E-state index in [0.717, 1.165) is 13.0 Å². The highest BCUT2D eigenvalue weighted by Gasteiger charge is 2.12. The number of unbranched alkanes of at least 4 members (excludes halogenated alkanes) is 2. The molecule has 2 rings (SSSR count). The molecule has 0 aliphatic rings. The van der Waals surface area contributed by atoms with E-state index in [1.807, 2.05) is 6.08 Å². The van der Waals surface area contributed by atoms with E-state index in [1.165, 1.54) is 35.2 Å². The molecule has 0 atom stereocenters. The van der Waals surface area contributed by atoms with Crippen LogP contribution >= 0.6 is 0 Å². The van der Waals surface area contributed by atoms with E-state index >= 15 is 0 Å². The molecular formula is C18H25BrN2. The Labute approximate surface area is 138 Å². The summed E-state index contributed by atoms with van der Waals surface area (Å²) in [7, 11) is 0. The Kier molecular flexibility index (Phi) is 6.90. The molecule has 0 aliphatic carbocycles. The molecule has 0 N–H and O–H groups in total. The third kappa shape index (κ3) is 4.57. The maximum Gasteiger partial charge on any atom is 0.248 e. The minimum Gasteiger partial charge on any atom is -1.00 e. The first-order valence-corrected chi connectivity index (χ1v) is 7.38. The van der Waals surface area contributed by atoms with Gasteiger partial charge in [-0.2, -0.15) is 0 Å². The van der Waals surface area contributed by atoms with E-state index in [9.17, 15) is 0 Å². The lowest BCUT2D eigenvalue weighted by Gasteiger charge is -2.07. The van der Waals surface area contributed by atoms with Crippen molar-refractivity contribution in [2.45, 2.75) is 46.6 Å². The molecule has 2 nitrogen and oxygen atoms in total. The summed E-state index contributed by atoms with van der Waals surface area (Å²) in [6.45, 7) is 11.4. The van der Waals surface area contributed by atoms with E-state index in [4.69, 9.17) is 0 Å². The molecule has 1 aromatic carbocycles. The van der Waals surface area contributed by atoms with Crippen LogP contribution < -0.4 is 21.5 Å². The maximum atomic E-state index is 3.76. The van der Waals surface area contributed by atoms with Crippen LogP contribution in [-0.2, 0) is 6.54 Å². The quantitative estimate of drug-likeness (QED) is 0.419. The topological polar surface area (TPSA) is 8.81 Å². The van der Waals surface area contributed by atoms with Crippen molar-refractivity contribution in [3.05, 3.63) is 60.2 Å². The van der Waals surface area contributed by atoms with Gasteiger partial charge in [0.1, 0.15) is 18.1 Å². The Morgan fingerprint density at radius 2 is 1.81 bits per heavy atom. The summed E-state index contributed by atoms with van der Waals surface area (Å²) >= 11 is 0. The molecule has 0 radical (unpaired) electrons. The van der Waals surface area contributed by atoms with Crippen molar-refractivity contribution in [3.63, 3.8) is 0 Å². The minimum atomic E-state index is 0. The number of halogens is 1. The van der Waals surface area contributed by atoms with Crippen molar-refractivity contribution < 1.29 is 21.5 Å². The third-order valence-electron chi connectivity index (χ3n) is 3.66. The largest absolute Gasteiger partial charge is 1.00 e. The van der Waals surface area contributed by atoms with Gasteiger partial charge in [0.05, 0.1) is 6.54 Å². The number of aryl methyl sites for hydroxylation is 4. The first-order valence-electron chi connectivity index (χ1n) is 7.38. The number of imidazole rings is 1. The van der Waals surface area contributed by atoms with Crippen LogP contribution in [0.4, 0.5) is 0 Å². The summed E-state index contributed by atoms with van der Waals surface area (Å²) < 4.78 is 4.50. The molecule has 0 saturated heterocycles. The molecule has 0 unspecified atom stereocenters. The normalized spacial score (nSPS) is 10.2.